The number of methoxy groups -OCH3 is 1. The molecule has 1 aliphatic heterocycles. The summed E-state index contributed by atoms with van der Waals surface area (Å²) in [5.41, 5.74) is 0. The van der Waals surface area contributed by atoms with Crippen LogP contribution in [0.5, 0.6) is 0 Å². The van der Waals surface area contributed by atoms with Gasteiger partial charge in [0, 0.05) is 24.2 Å². The maximum atomic E-state index is 11.5. The molecule has 1 fully saturated rings. The van der Waals surface area contributed by atoms with E-state index in [1.54, 1.807) is 11.3 Å². The first-order valence-electron chi connectivity index (χ1n) is 5.90. The van der Waals surface area contributed by atoms with Gasteiger partial charge in [-0.2, -0.15) is 0 Å². The van der Waals surface area contributed by atoms with E-state index in [4.69, 9.17) is 4.74 Å². The fourth-order valence-corrected chi connectivity index (χ4v) is 3.09. The summed E-state index contributed by atoms with van der Waals surface area (Å²) < 4.78 is 4.82. The third-order valence-corrected chi connectivity index (χ3v) is 3.99. The molecular formula is C12H18N2O2S. The summed E-state index contributed by atoms with van der Waals surface area (Å²) in [5, 5.41) is 1.10. The summed E-state index contributed by atoms with van der Waals surface area (Å²) in [6, 6.07) is 0. The van der Waals surface area contributed by atoms with Gasteiger partial charge in [0.25, 0.3) is 0 Å². The molecule has 4 nitrogen and oxygen atoms in total. The van der Waals surface area contributed by atoms with Crippen LogP contribution in [0.2, 0.25) is 0 Å². The van der Waals surface area contributed by atoms with Crippen molar-refractivity contribution in [3.05, 3.63) is 16.1 Å². The third kappa shape index (κ3) is 3.26. The van der Waals surface area contributed by atoms with Crippen LogP contribution in [0.1, 0.15) is 22.7 Å². The lowest BCUT2D eigenvalue weighted by molar-refractivity contribution is -0.147. The van der Waals surface area contributed by atoms with E-state index in [9.17, 15) is 4.79 Å². The fourth-order valence-electron chi connectivity index (χ4n) is 2.26. The minimum Gasteiger partial charge on any atom is -0.469 e. The average molecular weight is 254 g/mol. The Morgan fingerprint density at radius 1 is 1.71 bits per heavy atom. The first-order valence-corrected chi connectivity index (χ1v) is 6.72. The van der Waals surface area contributed by atoms with Gasteiger partial charge in [-0.1, -0.05) is 0 Å². The number of carbonyl (C=O) groups excluding carboxylic acids is 1. The van der Waals surface area contributed by atoms with Crippen LogP contribution in [0.3, 0.4) is 0 Å². The quantitative estimate of drug-likeness (QED) is 0.772. The summed E-state index contributed by atoms with van der Waals surface area (Å²) in [6.45, 7) is 4.79. The zero-order valence-electron chi connectivity index (χ0n) is 10.3. The van der Waals surface area contributed by atoms with Gasteiger partial charge in [0.2, 0.25) is 0 Å². The number of thiazole rings is 1. The number of likely N-dealkylation sites (tertiary alicyclic amines) is 1. The van der Waals surface area contributed by atoms with Gasteiger partial charge in [-0.15, -0.1) is 11.3 Å². The molecule has 0 aliphatic carbocycles. The van der Waals surface area contributed by atoms with E-state index >= 15 is 0 Å². The van der Waals surface area contributed by atoms with Gasteiger partial charge in [0.15, 0.2) is 0 Å². The molecule has 1 saturated heterocycles. The Morgan fingerprint density at radius 2 is 2.53 bits per heavy atom. The van der Waals surface area contributed by atoms with Crippen LogP contribution in [0.25, 0.3) is 0 Å². The Morgan fingerprint density at radius 3 is 3.18 bits per heavy atom. The molecule has 1 aromatic rings. The Balaban J connectivity index is 1.91. The van der Waals surface area contributed by atoms with E-state index in [0.29, 0.717) is 0 Å². The molecule has 2 rings (SSSR count). The molecule has 0 N–H and O–H groups in total. The Kier molecular flexibility index (Phi) is 4.12. The second-order valence-electron chi connectivity index (χ2n) is 4.44. The lowest BCUT2D eigenvalue weighted by Gasteiger charge is -2.30. The van der Waals surface area contributed by atoms with Crippen LogP contribution in [0.15, 0.2) is 6.20 Å². The van der Waals surface area contributed by atoms with Crippen LogP contribution >= 0.6 is 11.3 Å². The number of nitrogens with zero attached hydrogens (tertiary/aromatic N) is 2. The summed E-state index contributed by atoms with van der Waals surface area (Å²) >= 11 is 1.73. The van der Waals surface area contributed by atoms with E-state index in [0.717, 1.165) is 37.5 Å². The molecule has 17 heavy (non-hydrogen) atoms. The van der Waals surface area contributed by atoms with E-state index in [1.807, 2.05) is 13.1 Å². The summed E-state index contributed by atoms with van der Waals surface area (Å²) in [6.07, 6.45) is 3.95. The molecule has 1 aromatic heterocycles. The zero-order valence-corrected chi connectivity index (χ0v) is 11.1. The highest BCUT2D eigenvalue weighted by Gasteiger charge is 2.26. The predicted octanol–water partition coefficient (Wildman–Crippen LogP) is 1.84. The topological polar surface area (TPSA) is 42.4 Å². The molecule has 0 amide bonds. The van der Waals surface area contributed by atoms with E-state index in [-0.39, 0.29) is 11.9 Å². The molecule has 5 heteroatoms. The van der Waals surface area contributed by atoms with Crippen LogP contribution in [0, 0.1) is 12.8 Å². The zero-order chi connectivity index (χ0) is 12.3. The van der Waals surface area contributed by atoms with Gasteiger partial charge >= 0.3 is 5.97 Å². The number of rotatable bonds is 3. The van der Waals surface area contributed by atoms with Crippen molar-refractivity contribution in [3.63, 3.8) is 0 Å². The Bertz CT molecular complexity index is 392. The lowest BCUT2D eigenvalue weighted by Crippen LogP contribution is -2.38. The van der Waals surface area contributed by atoms with E-state index in [2.05, 4.69) is 9.88 Å². The van der Waals surface area contributed by atoms with Crippen molar-refractivity contribution in [1.82, 2.24) is 9.88 Å². The number of piperidine rings is 1. The van der Waals surface area contributed by atoms with Crippen molar-refractivity contribution in [2.45, 2.75) is 26.3 Å². The molecule has 0 aromatic carbocycles. The molecule has 1 aliphatic rings. The van der Waals surface area contributed by atoms with Crippen molar-refractivity contribution in [1.29, 1.82) is 0 Å². The molecule has 94 valence electrons. The van der Waals surface area contributed by atoms with E-state index in [1.165, 1.54) is 12.0 Å². The molecule has 0 bridgehead atoms. The minimum absolute atomic E-state index is 0.0442. The van der Waals surface area contributed by atoms with Crippen molar-refractivity contribution >= 4 is 17.3 Å². The SMILES string of the molecule is COC(=O)[C@H]1CCCN(Cc2cnc(C)s2)C1. The van der Waals surface area contributed by atoms with Crippen molar-refractivity contribution < 1.29 is 9.53 Å². The highest BCUT2D eigenvalue weighted by atomic mass is 32.1. The maximum absolute atomic E-state index is 11.5. The normalized spacial score (nSPS) is 21.4. The van der Waals surface area contributed by atoms with Gasteiger partial charge in [0.05, 0.1) is 18.0 Å². The Labute approximate surface area is 106 Å². The minimum atomic E-state index is -0.0739. The standard InChI is InChI=1S/C12H18N2O2S/c1-9-13-6-11(17-9)8-14-5-3-4-10(7-14)12(15)16-2/h6,10H,3-5,7-8H2,1-2H3/t10-/m0/s1. The number of aromatic nitrogens is 1. The second-order valence-corrected chi connectivity index (χ2v) is 5.76. The molecule has 0 radical (unpaired) electrons. The summed E-state index contributed by atoms with van der Waals surface area (Å²) in [4.78, 5) is 19.4. The average Bonchev–Trinajstić information content (AvgIpc) is 2.74. The first-order chi connectivity index (χ1) is 8.19. The summed E-state index contributed by atoms with van der Waals surface area (Å²) in [7, 11) is 1.47. The molecule has 1 atom stereocenters. The number of esters is 1. The number of carbonyl (C=O) groups is 1. The second kappa shape index (κ2) is 5.60. The summed E-state index contributed by atoms with van der Waals surface area (Å²) in [5.74, 6) is -0.0297. The molecule has 2 heterocycles. The number of ether oxygens (including phenoxy) is 1. The number of hydrogen-bond acceptors (Lipinski definition) is 5. The van der Waals surface area contributed by atoms with Crippen LogP contribution < -0.4 is 0 Å². The highest BCUT2D eigenvalue weighted by Crippen LogP contribution is 2.21. The van der Waals surface area contributed by atoms with E-state index < -0.39 is 0 Å². The largest absolute Gasteiger partial charge is 0.469 e. The van der Waals surface area contributed by atoms with Gasteiger partial charge in [-0.3, -0.25) is 9.69 Å². The number of aryl methyl sites for hydroxylation is 1. The smallest absolute Gasteiger partial charge is 0.309 e. The van der Waals surface area contributed by atoms with Gasteiger partial charge in [-0.05, 0) is 26.3 Å². The van der Waals surface area contributed by atoms with Crippen molar-refractivity contribution in [3.8, 4) is 0 Å². The molecule has 0 spiro atoms. The molecule has 0 unspecified atom stereocenters. The van der Waals surface area contributed by atoms with Gasteiger partial charge in [-0.25, -0.2) is 4.98 Å². The predicted molar refractivity (Wildman–Crippen MR) is 66.9 cm³/mol. The van der Waals surface area contributed by atoms with Crippen LogP contribution in [0.4, 0.5) is 0 Å². The fraction of sp³-hybridized carbons (Fsp3) is 0.667. The van der Waals surface area contributed by atoms with Gasteiger partial charge in [0.1, 0.15) is 0 Å². The molecule has 0 saturated carbocycles. The monoisotopic (exact) mass is 254 g/mol. The van der Waals surface area contributed by atoms with Crippen LogP contribution in [-0.4, -0.2) is 36.1 Å². The molecular weight excluding hydrogens is 236 g/mol. The number of hydrogen-bond donors (Lipinski definition) is 0. The Hall–Kier alpha value is -0.940. The van der Waals surface area contributed by atoms with Crippen molar-refractivity contribution in [2.75, 3.05) is 20.2 Å². The van der Waals surface area contributed by atoms with Crippen LogP contribution in [-0.2, 0) is 16.1 Å². The maximum Gasteiger partial charge on any atom is 0.309 e. The van der Waals surface area contributed by atoms with Crippen molar-refractivity contribution in [2.24, 2.45) is 5.92 Å². The lowest BCUT2D eigenvalue weighted by atomic mass is 9.98. The first kappa shape index (κ1) is 12.5. The highest BCUT2D eigenvalue weighted by molar-refractivity contribution is 7.11. The van der Waals surface area contributed by atoms with Gasteiger partial charge < -0.3 is 4.74 Å². The third-order valence-electron chi connectivity index (χ3n) is 3.09.